The molecule has 0 unspecified atom stereocenters. The fraction of sp³-hybridized carbons (Fsp3) is 0.353. The normalized spacial score (nSPS) is 14.7. The van der Waals surface area contributed by atoms with Gasteiger partial charge in [0.15, 0.2) is 12.0 Å². The molecule has 3 rings (SSSR count). The van der Waals surface area contributed by atoms with E-state index in [-0.39, 0.29) is 12.0 Å². The van der Waals surface area contributed by atoms with Gasteiger partial charge >= 0.3 is 0 Å². The van der Waals surface area contributed by atoms with Gasteiger partial charge in [-0.05, 0) is 29.8 Å². The molecule has 1 aromatic carbocycles. The van der Waals surface area contributed by atoms with Crippen molar-refractivity contribution in [1.82, 2.24) is 0 Å². The van der Waals surface area contributed by atoms with Crippen LogP contribution in [0.1, 0.15) is 35.5 Å². The van der Waals surface area contributed by atoms with Crippen LogP contribution in [0.15, 0.2) is 28.7 Å². The minimum atomic E-state index is -0.189. The van der Waals surface area contributed by atoms with Crippen LogP contribution >= 0.6 is 0 Å². The SMILES string of the molecule is CN(CCO)c1ccc2c(c1)C(C)(C)c1cc(C=O)oc1-2. The molecule has 4 nitrogen and oxygen atoms in total. The van der Waals surface area contributed by atoms with Crippen molar-refractivity contribution in [3.05, 3.63) is 41.2 Å². The Balaban J connectivity index is 2.11. The van der Waals surface area contributed by atoms with Crippen molar-refractivity contribution in [3.63, 3.8) is 0 Å². The Morgan fingerprint density at radius 3 is 2.71 bits per heavy atom. The van der Waals surface area contributed by atoms with Gasteiger partial charge in [-0.3, -0.25) is 4.79 Å². The first-order valence-corrected chi connectivity index (χ1v) is 7.05. The minimum absolute atomic E-state index is 0.125. The summed E-state index contributed by atoms with van der Waals surface area (Å²) in [6.45, 7) is 4.99. The largest absolute Gasteiger partial charge is 0.453 e. The first-order valence-electron chi connectivity index (χ1n) is 7.05. The second kappa shape index (κ2) is 4.74. The predicted octanol–water partition coefficient (Wildman–Crippen LogP) is 2.83. The number of hydrogen-bond donors (Lipinski definition) is 1. The van der Waals surface area contributed by atoms with Crippen molar-refractivity contribution in [2.24, 2.45) is 0 Å². The number of furan rings is 1. The summed E-state index contributed by atoms with van der Waals surface area (Å²) in [5.41, 5.74) is 4.17. The Morgan fingerprint density at radius 2 is 2.05 bits per heavy atom. The monoisotopic (exact) mass is 285 g/mol. The molecule has 2 aromatic rings. The van der Waals surface area contributed by atoms with E-state index in [1.165, 1.54) is 5.56 Å². The topological polar surface area (TPSA) is 53.7 Å². The lowest BCUT2D eigenvalue weighted by atomic mass is 9.83. The Kier molecular flexibility index (Phi) is 3.14. The molecule has 0 aliphatic heterocycles. The highest BCUT2D eigenvalue weighted by atomic mass is 16.3. The van der Waals surface area contributed by atoms with Crippen LogP contribution in [0, 0.1) is 0 Å². The molecule has 0 saturated heterocycles. The third-order valence-electron chi connectivity index (χ3n) is 4.34. The molecule has 0 bridgehead atoms. The predicted molar refractivity (Wildman–Crippen MR) is 82.0 cm³/mol. The molecule has 1 N–H and O–H groups in total. The molecule has 1 aliphatic carbocycles. The average molecular weight is 285 g/mol. The van der Waals surface area contributed by atoms with Crippen LogP contribution in [-0.4, -0.2) is 31.6 Å². The molecule has 0 fully saturated rings. The molecule has 0 amide bonds. The van der Waals surface area contributed by atoms with E-state index in [1.807, 2.05) is 30.1 Å². The number of fused-ring (bicyclic) bond motifs is 3. The molecule has 110 valence electrons. The van der Waals surface area contributed by atoms with E-state index in [0.717, 1.165) is 28.9 Å². The summed E-state index contributed by atoms with van der Waals surface area (Å²) in [5, 5.41) is 9.07. The second-order valence-electron chi connectivity index (χ2n) is 6.01. The molecule has 0 spiro atoms. The van der Waals surface area contributed by atoms with Gasteiger partial charge in [-0.15, -0.1) is 0 Å². The molecule has 1 aliphatic rings. The Bertz CT molecular complexity index is 700. The number of nitrogens with zero attached hydrogens (tertiary/aromatic N) is 1. The van der Waals surface area contributed by atoms with Gasteiger partial charge in [-0.1, -0.05) is 13.8 Å². The van der Waals surface area contributed by atoms with Crippen molar-refractivity contribution in [2.75, 3.05) is 25.1 Å². The van der Waals surface area contributed by atoms with Gasteiger partial charge in [-0.2, -0.15) is 0 Å². The fourth-order valence-electron chi connectivity index (χ4n) is 3.04. The van der Waals surface area contributed by atoms with Gasteiger partial charge in [0.05, 0.1) is 6.61 Å². The Labute approximate surface area is 124 Å². The first kappa shape index (κ1) is 13.9. The quantitative estimate of drug-likeness (QED) is 0.878. The number of aliphatic hydroxyl groups is 1. The molecule has 1 aromatic heterocycles. The molecule has 1 heterocycles. The molecular formula is C17H19NO3. The standard InChI is InChI=1S/C17H19NO3/c1-17(2)14-8-11(18(3)6-7-19)4-5-13(14)16-15(17)9-12(10-20)21-16/h4-5,8-10,19H,6-7H2,1-3H3. The highest BCUT2D eigenvalue weighted by molar-refractivity contribution is 5.82. The number of benzene rings is 1. The van der Waals surface area contributed by atoms with Crippen LogP contribution in [0.4, 0.5) is 5.69 Å². The lowest BCUT2D eigenvalue weighted by Gasteiger charge is -2.23. The van der Waals surface area contributed by atoms with Crippen LogP contribution in [0.25, 0.3) is 11.3 Å². The zero-order chi connectivity index (χ0) is 15.2. The third-order valence-corrected chi connectivity index (χ3v) is 4.34. The van der Waals surface area contributed by atoms with Gasteiger partial charge in [0.2, 0.25) is 0 Å². The molecule has 21 heavy (non-hydrogen) atoms. The van der Waals surface area contributed by atoms with E-state index in [9.17, 15) is 4.79 Å². The van der Waals surface area contributed by atoms with Gasteiger partial charge in [-0.25, -0.2) is 0 Å². The summed E-state index contributed by atoms with van der Waals surface area (Å²) >= 11 is 0. The average Bonchev–Trinajstić information content (AvgIpc) is 2.98. The second-order valence-corrected chi connectivity index (χ2v) is 6.01. The Morgan fingerprint density at radius 1 is 1.29 bits per heavy atom. The van der Waals surface area contributed by atoms with Crippen LogP contribution in [0.3, 0.4) is 0 Å². The molecule has 0 saturated carbocycles. The van der Waals surface area contributed by atoms with Gasteiger partial charge < -0.3 is 14.4 Å². The fourth-order valence-corrected chi connectivity index (χ4v) is 3.04. The third kappa shape index (κ3) is 1.98. The number of aldehydes is 1. The minimum Gasteiger partial charge on any atom is -0.453 e. The number of carbonyl (C=O) groups excluding carboxylic acids is 1. The number of rotatable bonds is 4. The van der Waals surface area contributed by atoms with Gasteiger partial charge in [0.1, 0.15) is 5.76 Å². The van der Waals surface area contributed by atoms with Crippen LogP contribution < -0.4 is 4.90 Å². The summed E-state index contributed by atoms with van der Waals surface area (Å²) in [6, 6.07) is 8.02. The smallest absolute Gasteiger partial charge is 0.185 e. The number of carbonyl (C=O) groups is 1. The zero-order valence-corrected chi connectivity index (χ0v) is 12.5. The number of aliphatic hydroxyl groups excluding tert-OH is 1. The van der Waals surface area contributed by atoms with Crippen LogP contribution in [-0.2, 0) is 5.41 Å². The van der Waals surface area contributed by atoms with E-state index in [1.54, 1.807) is 0 Å². The van der Waals surface area contributed by atoms with Crippen molar-refractivity contribution >= 4 is 12.0 Å². The van der Waals surface area contributed by atoms with Gasteiger partial charge in [0.25, 0.3) is 0 Å². The molecule has 4 heteroatoms. The van der Waals surface area contributed by atoms with Crippen molar-refractivity contribution in [2.45, 2.75) is 19.3 Å². The summed E-state index contributed by atoms with van der Waals surface area (Å²) in [6.07, 6.45) is 0.747. The highest BCUT2D eigenvalue weighted by Gasteiger charge is 2.39. The van der Waals surface area contributed by atoms with E-state index in [4.69, 9.17) is 9.52 Å². The number of anilines is 1. The van der Waals surface area contributed by atoms with Crippen molar-refractivity contribution in [3.8, 4) is 11.3 Å². The van der Waals surface area contributed by atoms with E-state index in [0.29, 0.717) is 12.3 Å². The summed E-state index contributed by atoms with van der Waals surface area (Å²) in [5.74, 6) is 1.17. The van der Waals surface area contributed by atoms with Crippen molar-refractivity contribution in [1.29, 1.82) is 0 Å². The highest BCUT2D eigenvalue weighted by Crippen LogP contribution is 2.50. The number of likely N-dealkylation sites (N-methyl/N-ethyl adjacent to an activating group) is 1. The maximum absolute atomic E-state index is 10.9. The van der Waals surface area contributed by atoms with Crippen LogP contribution in [0.2, 0.25) is 0 Å². The molecular weight excluding hydrogens is 266 g/mol. The molecule has 0 atom stereocenters. The van der Waals surface area contributed by atoms with E-state index < -0.39 is 0 Å². The van der Waals surface area contributed by atoms with Crippen LogP contribution in [0.5, 0.6) is 0 Å². The lowest BCUT2D eigenvalue weighted by molar-refractivity contribution is 0.110. The number of hydrogen-bond acceptors (Lipinski definition) is 4. The summed E-state index contributed by atoms with van der Waals surface area (Å²) in [7, 11) is 1.96. The lowest BCUT2D eigenvalue weighted by Crippen LogP contribution is -2.22. The maximum atomic E-state index is 10.9. The summed E-state index contributed by atoms with van der Waals surface area (Å²) < 4.78 is 5.66. The Hall–Kier alpha value is -2.07. The summed E-state index contributed by atoms with van der Waals surface area (Å²) in [4.78, 5) is 12.9. The zero-order valence-electron chi connectivity index (χ0n) is 12.5. The maximum Gasteiger partial charge on any atom is 0.185 e. The van der Waals surface area contributed by atoms with E-state index >= 15 is 0 Å². The van der Waals surface area contributed by atoms with E-state index in [2.05, 4.69) is 19.9 Å². The van der Waals surface area contributed by atoms with Crippen molar-refractivity contribution < 1.29 is 14.3 Å². The van der Waals surface area contributed by atoms with Gasteiger partial charge in [0, 0.05) is 35.8 Å². The molecule has 0 radical (unpaired) electrons. The first-order chi connectivity index (χ1) is 9.98.